The van der Waals surface area contributed by atoms with Gasteiger partial charge in [0.2, 0.25) is 6.79 Å². The number of ether oxygens (including phenoxy) is 4. The normalized spacial score (nSPS) is 11.9. The van der Waals surface area contributed by atoms with Gasteiger partial charge in [-0.1, -0.05) is 42.5 Å². The van der Waals surface area contributed by atoms with Crippen LogP contribution in [0.4, 0.5) is 0 Å². The molecule has 0 amide bonds. The van der Waals surface area contributed by atoms with Gasteiger partial charge in [-0.15, -0.1) is 0 Å². The smallest absolute Gasteiger partial charge is 0.307 e. The maximum absolute atomic E-state index is 11.2. The fourth-order valence-corrected chi connectivity index (χ4v) is 2.87. The van der Waals surface area contributed by atoms with Gasteiger partial charge in [0.1, 0.15) is 12.4 Å². The minimum absolute atomic E-state index is 0.0993. The number of benzene rings is 3. The van der Waals surface area contributed by atoms with E-state index in [9.17, 15) is 9.90 Å². The van der Waals surface area contributed by atoms with E-state index >= 15 is 0 Å². The number of carboxylic acid groups (broad SMARTS) is 1. The lowest BCUT2D eigenvalue weighted by atomic mass is 10.1. The summed E-state index contributed by atoms with van der Waals surface area (Å²) in [4.78, 5) is 11.2. The number of fused-ring (bicyclic) bond motifs is 1. The predicted octanol–water partition coefficient (Wildman–Crippen LogP) is 4.41. The predicted molar refractivity (Wildman–Crippen MR) is 101 cm³/mol. The third-order valence-corrected chi connectivity index (χ3v) is 4.20. The van der Waals surface area contributed by atoms with E-state index in [0.717, 1.165) is 5.56 Å². The van der Waals surface area contributed by atoms with Crippen LogP contribution in [0.3, 0.4) is 0 Å². The van der Waals surface area contributed by atoms with Crippen LogP contribution in [0.1, 0.15) is 11.1 Å². The van der Waals surface area contributed by atoms with Crippen LogP contribution >= 0.6 is 0 Å². The zero-order valence-electron chi connectivity index (χ0n) is 15.0. The SMILES string of the molecule is O=C(O)Cc1cc2c(cc1Oc1ccccc1OCc1ccccc1)OCO2. The van der Waals surface area contributed by atoms with Gasteiger partial charge in [-0.3, -0.25) is 4.79 Å². The van der Waals surface area contributed by atoms with Crippen LogP contribution in [0.5, 0.6) is 28.7 Å². The summed E-state index contributed by atoms with van der Waals surface area (Å²) in [7, 11) is 0. The fourth-order valence-electron chi connectivity index (χ4n) is 2.87. The topological polar surface area (TPSA) is 74.2 Å². The van der Waals surface area contributed by atoms with Crippen molar-refractivity contribution in [1.29, 1.82) is 0 Å². The molecule has 4 rings (SSSR count). The first kappa shape index (κ1) is 17.7. The monoisotopic (exact) mass is 378 g/mol. The quantitative estimate of drug-likeness (QED) is 0.656. The van der Waals surface area contributed by atoms with E-state index in [2.05, 4.69) is 0 Å². The van der Waals surface area contributed by atoms with Crippen LogP contribution < -0.4 is 18.9 Å². The summed E-state index contributed by atoms with van der Waals surface area (Å²) >= 11 is 0. The van der Waals surface area contributed by atoms with Gasteiger partial charge in [-0.25, -0.2) is 0 Å². The van der Waals surface area contributed by atoms with Crippen molar-refractivity contribution in [1.82, 2.24) is 0 Å². The molecule has 1 N–H and O–H groups in total. The summed E-state index contributed by atoms with van der Waals surface area (Å²) in [5.74, 6) is 1.51. The number of para-hydroxylation sites is 2. The Hall–Kier alpha value is -3.67. The first-order valence-corrected chi connectivity index (χ1v) is 8.77. The Bertz CT molecular complexity index is 984. The zero-order valence-corrected chi connectivity index (χ0v) is 15.0. The largest absolute Gasteiger partial charge is 0.485 e. The average Bonchev–Trinajstić information content (AvgIpc) is 3.15. The Balaban J connectivity index is 1.60. The maximum Gasteiger partial charge on any atom is 0.307 e. The highest BCUT2D eigenvalue weighted by molar-refractivity contribution is 5.72. The molecule has 6 nitrogen and oxygen atoms in total. The zero-order chi connectivity index (χ0) is 19.3. The molecule has 142 valence electrons. The van der Waals surface area contributed by atoms with Gasteiger partial charge in [-0.2, -0.15) is 0 Å². The summed E-state index contributed by atoms with van der Waals surface area (Å²) in [5, 5.41) is 9.22. The van der Waals surface area contributed by atoms with Gasteiger partial charge in [0, 0.05) is 11.6 Å². The molecule has 0 aromatic heterocycles. The second-order valence-electron chi connectivity index (χ2n) is 6.21. The van der Waals surface area contributed by atoms with Gasteiger partial charge in [0.15, 0.2) is 23.0 Å². The molecular formula is C22H18O6. The van der Waals surface area contributed by atoms with E-state index in [1.807, 2.05) is 48.5 Å². The molecular weight excluding hydrogens is 360 g/mol. The molecule has 1 aliphatic rings. The first-order chi connectivity index (χ1) is 13.7. The molecule has 0 atom stereocenters. The molecule has 28 heavy (non-hydrogen) atoms. The Morgan fingerprint density at radius 3 is 2.32 bits per heavy atom. The summed E-state index contributed by atoms with van der Waals surface area (Å²) in [6, 6.07) is 20.4. The molecule has 1 aliphatic heterocycles. The molecule has 3 aromatic carbocycles. The van der Waals surface area contributed by atoms with Gasteiger partial charge in [-0.05, 0) is 23.8 Å². The van der Waals surface area contributed by atoms with Crippen molar-refractivity contribution in [2.24, 2.45) is 0 Å². The molecule has 0 spiro atoms. The van der Waals surface area contributed by atoms with Gasteiger partial charge in [0.25, 0.3) is 0 Å². The third-order valence-electron chi connectivity index (χ3n) is 4.20. The molecule has 0 fully saturated rings. The summed E-state index contributed by atoms with van der Waals surface area (Å²) < 4.78 is 22.7. The summed E-state index contributed by atoms with van der Waals surface area (Å²) in [6.07, 6.45) is -0.195. The second-order valence-corrected chi connectivity index (χ2v) is 6.21. The van der Waals surface area contributed by atoms with Crippen molar-refractivity contribution in [3.8, 4) is 28.7 Å². The standard InChI is InChI=1S/C22H18O6/c23-22(24)11-16-10-20-21(27-14-26-20)12-19(16)28-18-9-5-4-8-17(18)25-13-15-6-2-1-3-7-15/h1-10,12H,11,13-14H2,(H,23,24). The highest BCUT2D eigenvalue weighted by Gasteiger charge is 2.20. The number of hydrogen-bond acceptors (Lipinski definition) is 5. The lowest BCUT2D eigenvalue weighted by molar-refractivity contribution is -0.136. The van der Waals surface area contributed by atoms with Crippen LogP contribution in [-0.4, -0.2) is 17.9 Å². The van der Waals surface area contributed by atoms with Gasteiger partial charge < -0.3 is 24.1 Å². The lowest BCUT2D eigenvalue weighted by Gasteiger charge is -2.15. The number of hydrogen-bond donors (Lipinski definition) is 1. The molecule has 1 heterocycles. The lowest BCUT2D eigenvalue weighted by Crippen LogP contribution is -2.03. The third kappa shape index (κ3) is 4.01. The van der Waals surface area contributed by atoms with Crippen LogP contribution in [0.2, 0.25) is 0 Å². The molecule has 0 aliphatic carbocycles. The van der Waals surface area contributed by atoms with Gasteiger partial charge >= 0.3 is 5.97 Å². The van der Waals surface area contributed by atoms with Crippen molar-refractivity contribution in [2.75, 3.05) is 6.79 Å². The van der Waals surface area contributed by atoms with E-state index in [0.29, 0.717) is 40.9 Å². The Morgan fingerprint density at radius 1 is 0.893 bits per heavy atom. The van der Waals surface area contributed by atoms with E-state index in [1.54, 1.807) is 18.2 Å². The van der Waals surface area contributed by atoms with Crippen LogP contribution in [0.25, 0.3) is 0 Å². The van der Waals surface area contributed by atoms with E-state index in [-0.39, 0.29) is 13.2 Å². The molecule has 0 saturated carbocycles. The van der Waals surface area contributed by atoms with E-state index in [1.165, 1.54) is 0 Å². The van der Waals surface area contributed by atoms with Crippen LogP contribution in [0.15, 0.2) is 66.7 Å². The Labute approximate surface area is 161 Å². The van der Waals surface area contributed by atoms with E-state index in [4.69, 9.17) is 18.9 Å². The molecule has 0 saturated heterocycles. The second kappa shape index (κ2) is 7.92. The molecule has 0 unspecified atom stereocenters. The minimum atomic E-state index is -0.961. The fraction of sp³-hybridized carbons (Fsp3) is 0.136. The van der Waals surface area contributed by atoms with Crippen molar-refractivity contribution < 1.29 is 28.8 Å². The molecule has 3 aromatic rings. The number of carboxylic acids is 1. The average molecular weight is 378 g/mol. The van der Waals surface area contributed by atoms with Crippen molar-refractivity contribution in [3.05, 3.63) is 77.9 Å². The number of carbonyl (C=O) groups is 1. The molecule has 0 radical (unpaired) electrons. The van der Waals surface area contributed by atoms with Crippen molar-refractivity contribution in [3.63, 3.8) is 0 Å². The van der Waals surface area contributed by atoms with E-state index < -0.39 is 5.97 Å². The highest BCUT2D eigenvalue weighted by Crippen LogP contribution is 2.41. The minimum Gasteiger partial charge on any atom is -0.485 e. The van der Waals surface area contributed by atoms with Gasteiger partial charge in [0.05, 0.1) is 6.42 Å². The first-order valence-electron chi connectivity index (χ1n) is 8.77. The Morgan fingerprint density at radius 2 is 1.57 bits per heavy atom. The summed E-state index contributed by atoms with van der Waals surface area (Å²) in [6.45, 7) is 0.492. The summed E-state index contributed by atoms with van der Waals surface area (Å²) in [5.41, 5.74) is 1.53. The Kier molecular flexibility index (Phi) is 5.01. The highest BCUT2D eigenvalue weighted by atomic mass is 16.7. The molecule has 0 bridgehead atoms. The van der Waals surface area contributed by atoms with Crippen molar-refractivity contribution in [2.45, 2.75) is 13.0 Å². The van der Waals surface area contributed by atoms with Crippen LogP contribution in [-0.2, 0) is 17.8 Å². The van der Waals surface area contributed by atoms with Crippen molar-refractivity contribution >= 4 is 5.97 Å². The molecule has 6 heteroatoms. The maximum atomic E-state index is 11.2. The van der Waals surface area contributed by atoms with Crippen LogP contribution in [0, 0.1) is 0 Å². The number of aliphatic carboxylic acids is 1. The number of rotatable bonds is 7.